The van der Waals surface area contributed by atoms with Crippen LogP contribution in [0.25, 0.3) is 22.6 Å². The lowest BCUT2D eigenvalue weighted by molar-refractivity contribution is -0.132. The summed E-state index contributed by atoms with van der Waals surface area (Å²) in [7, 11) is 2.80. The Hall–Kier alpha value is -5.62. The molecule has 0 unspecified atom stereocenters. The van der Waals surface area contributed by atoms with Gasteiger partial charge in [0.1, 0.15) is 35.4 Å². The van der Waals surface area contributed by atoms with Gasteiger partial charge in [0.2, 0.25) is 29.1 Å². The minimum absolute atomic E-state index is 0.0143. The molecule has 18 nitrogen and oxygen atoms in total. The molecular formula is C36H50N8O10. The second-order valence-electron chi connectivity index (χ2n) is 13.8. The second-order valence-corrected chi connectivity index (χ2v) is 13.8. The van der Waals surface area contributed by atoms with Gasteiger partial charge >= 0.3 is 0 Å². The molecule has 6 atom stereocenters. The Labute approximate surface area is 311 Å². The maximum atomic E-state index is 13.9. The quantitative estimate of drug-likeness (QED) is 0.0724. The van der Waals surface area contributed by atoms with Gasteiger partial charge in [-0.3, -0.25) is 33.6 Å². The summed E-state index contributed by atoms with van der Waals surface area (Å²) < 4.78 is 6.14. The number of hydrogen-bond donors (Lipinski definition) is 9. The molecule has 0 bridgehead atoms. The molecule has 1 aliphatic heterocycles. The smallest absolute Gasteiger partial charge is 0.256 e. The maximum Gasteiger partial charge on any atom is 0.256 e. The van der Waals surface area contributed by atoms with Crippen LogP contribution in [0.2, 0.25) is 0 Å². The minimum Gasteiger partial charge on any atom is -0.452 e. The first-order valence-electron chi connectivity index (χ1n) is 17.4. The Bertz CT molecular complexity index is 1970. The van der Waals surface area contributed by atoms with E-state index < -0.39 is 88.5 Å². The maximum absolute atomic E-state index is 13.9. The Morgan fingerprint density at radius 2 is 1.17 bits per heavy atom. The standard InChI is InChI=1S/C36H50N8O10/c1-13(2)22(33(50)38-9)41-35(52)24(17(7)45)43-31(48)19-12-11-15(5)29-26(19)40-27-20(21(37)28(47)16(6)30(27)54-29)32(49)44-25(18(8)46)36(53)42-23(14(3)4)34(51)39-10/h11-14,17-18,22-25,45-46H,37H2,1-10H3,(H,38,50)(H,39,51)(H,41,52)(H,42,53)(H,43,48)(H,44,49)/t17-,18-,22-,23-,24+,25+/m1/s1. The van der Waals surface area contributed by atoms with Crippen LogP contribution in [0.1, 0.15) is 73.4 Å². The van der Waals surface area contributed by atoms with Crippen LogP contribution in [-0.2, 0) is 19.2 Å². The van der Waals surface area contributed by atoms with Crippen molar-refractivity contribution in [3.8, 4) is 11.5 Å². The highest BCUT2D eigenvalue weighted by molar-refractivity contribution is 6.10. The number of aliphatic hydroxyl groups excluding tert-OH is 2. The van der Waals surface area contributed by atoms with Crippen molar-refractivity contribution in [1.29, 1.82) is 0 Å². The number of amides is 6. The molecule has 1 heterocycles. The number of aryl methyl sites for hydroxylation is 1. The number of rotatable bonds is 14. The number of carbonyl (C=O) groups is 6. The number of fused-ring (bicyclic) bond motifs is 2. The largest absolute Gasteiger partial charge is 0.452 e. The van der Waals surface area contributed by atoms with E-state index in [1.54, 1.807) is 34.6 Å². The second kappa shape index (κ2) is 17.5. The number of likely N-dealkylation sites (N-methyl/N-ethyl adjacent to an activating group) is 2. The van der Waals surface area contributed by atoms with Gasteiger partial charge in [-0.1, -0.05) is 33.8 Å². The number of nitrogens with one attached hydrogen (secondary N) is 6. The molecule has 0 aromatic heterocycles. The van der Waals surface area contributed by atoms with Crippen LogP contribution in [0.15, 0.2) is 21.3 Å². The molecule has 0 fully saturated rings. The Kier molecular flexibility index (Phi) is 13.8. The average molecular weight is 755 g/mol. The molecule has 54 heavy (non-hydrogen) atoms. The van der Waals surface area contributed by atoms with Crippen molar-refractivity contribution >= 4 is 52.2 Å². The van der Waals surface area contributed by atoms with Crippen LogP contribution in [0.3, 0.4) is 0 Å². The molecule has 294 valence electrons. The highest BCUT2D eigenvalue weighted by Gasteiger charge is 2.36. The zero-order chi connectivity index (χ0) is 40.9. The summed E-state index contributed by atoms with van der Waals surface area (Å²) in [5.41, 5.74) is 4.32. The van der Waals surface area contributed by atoms with Gasteiger partial charge in [-0.2, -0.15) is 0 Å². The third kappa shape index (κ3) is 8.94. The molecule has 0 radical (unpaired) electrons. The van der Waals surface area contributed by atoms with Gasteiger partial charge < -0.3 is 52.3 Å². The summed E-state index contributed by atoms with van der Waals surface area (Å²) in [4.78, 5) is 97.0. The Morgan fingerprint density at radius 3 is 1.59 bits per heavy atom. The van der Waals surface area contributed by atoms with Crippen LogP contribution in [0.5, 0.6) is 0 Å². The highest BCUT2D eigenvalue weighted by Crippen LogP contribution is 2.34. The van der Waals surface area contributed by atoms with Gasteiger partial charge in [0.05, 0.1) is 29.0 Å². The van der Waals surface area contributed by atoms with Crippen molar-refractivity contribution < 1.29 is 43.4 Å². The van der Waals surface area contributed by atoms with E-state index in [1.807, 2.05) is 0 Å². The molecule has 0 saturated carbocycles. The van der Waals surface area contributed by atoms with E-state index in [2.05, 4.69) is 36.9 Å². The van der Waals surface area contributed by atoms with Crippen molar-refractivity contribution in [3.05, 3.63) is 44.6 Å². The summed E-state index contributed by atoms with van der Waals surface area (Å²) in [6, 6.07) is -2.23. The first-order valence-corrected chi connectivity index (χ1v) is 17.4. The van der Waals surface area contributed by atoms with Crippen molar-refractivity contribution in [2.75, 3.05) is 19.8 Å². The number of hydrogen-bond acceptors (Lipinski definition) is 12. The summed E-state index contributed by atoms with van der Waals surface area (Å²) in [5, 5.41) is 35.9. The molecule has 0 saturated heterocycles. The number of benzene rings is 2. The van der Waals surface area contributed by atoms with Gasteiger partial charge in [0, 0.05) is 19.7 Å². The van der Waals surface area contributed by atoms with E-state index in [-0.39, 0.29) is 45.5 Å². The van der Waals surface area contributed by atoms with E-state index in [9.17, 15) is 43.8 Å². The lowest BCUT2D eigenvalue weighted by Crippen LogP contribution is -2.58. The van der Waals surface area contributed by atoms with Gasteiger partial charge in [-0.05, 0) is 51.2 Å². The summed E-state index contributed by atoms with van der Waals surface area (Å²) in [6.45, 7) is 12.4. The first kappa shape index (κ1) is 42.8. The number of carbonyl (C=O) groups excluding carboxylic acids is 6. The van der Waals surface area contributed by atoms with Crippen molar-refractivity contribution in [2.45, 2.75) is 91.8 Å². The van der Waals surface area contributed by atoms with Crippen LogP contribution in [0, 0.1) is 25.7 Å². The van der Waals surface area contributed by atoms with E-state index >= 15 is 0 Å². The summed E-state index contributed by atoms with van der Waals surface area (Å²) in [5.74, 6) is -5.55. The van der Waals surface area contributed by atoms with Crippen molar-refractivity contribution in [2.24, 2.45) is 11.8 Å². The Morgan fingerprint density at radius 1 is 0.704 bits per heavy atom. The zero-order valence-corrected chi connectivity index (χ0v) is 32.0. The number of anilines is 1. The van der Waals surface area contributed by atoms with Gasteiger partial charge in [0.15, 0.2) is 11.3 Å². The summed E-state index contributed by atoms with van der Waals surface area (Å²) in [6.07, 6.45) is -2.90. The van der Waals surface area contributed by atoms with Crippen molar-refractivity contribution in [3.63, 3.8) is 0 Å². The SMILES string of the molecule is CNC(=O)[C@H](NC(=O)[C@@H](NC(=O)c1c2nc3c(C(=O)N[C@H](C(=O)N[C@@H](C(=O)NC)C(C)C)[C@@H](C)O)ccc(C)c3oc-2c(C)c(=O)c1N)[C@@H](C)O)C(C)C. The molecule has 3 rings (SSSR count). The van der Waals surface area contributed by atoms with Crippen LogP contribution >= 0.6 is 0 Å². The molecule has 1 aliphatic carbocycles. The predicted molar refractivity (Wildman–Crippen MR) is 198 cm³/mol. The molecule has 2 aliphatic rings. The number of nitrogens with zero attached hydrogens (tertiary/aromatic N) is 1. The van der Waals surface area contributed by atoms with E-state index in [4.69, 9.17) is 10.2 Å². The minimum atomic E-state index is -1.63. The van der Waals surface area contributed by atoms with Crippen LogP contribution in [0.4, 0.5) is 5.69 Å². The normalized spacial score (nSPS) is 14.8. The number of nitrogen functional groups attached to an aromatic ring is 1. The number of nitrogens with two attached hydrogens (primary N) is 1. The fourth-order valence-corrected chi connectivity index (χ4v) is 5.72. The van der Waals surface area contributed by atoms with Crippen LogP contribution < -0.4 is 43.1 Å². The summed E-state index contributed by atoms with van der Waals surface area (Å²) >= 11 is 0. The van der Waals surface area contributed by atoms with E-state index in [1.165, 1.54) is 47.0 Å². The van der Waals surface area contributed by atoms with E-state index in [0.717, 1.165) is 0 Å². The van der Waals surface area contributed by atoms with Crippen LogP contribution in [-0.4, -0.2) is 101 Å². The monoisotopic (exact) mass is 754 g/mol. The Balaban J connectivity index is 2.16. The lowest BCUT2D eigenvalue weighted by atomic mass is 9.98. The number of aromatic nitrogens is 1. The van der Waals surface area contributed by atoms with Gasteiger partial charge in [-0.25, -0.2) is 4.98 Å². The molecule has 18 heteroatoms. The molecule has 10 N–H and O–H groups in total. The molecule has 1 aromatic rings. The lowest BCUT2D eigenvalue weighted by Gasteiger charge is -2.26. The average Bonchev–Trinajstić information content (AvgIpc) is 3.11. The predicted octanol–water partition coefficient (Wildman–Crippen LogP) is -0.776. The molecule has 6 amide bonds. The van der Waals surface area contributed by atoms with Gasteiger partial charge in [0.25, 0.3) is 11.8 Å². The number of aliphatic hydroxyl groups is 2. The fraction of sp³-hybridized carbons (Fsp3) is 0.500. The first-order chi connectivity index (χ1) is 25.2. The van der Waals surface area contributed by atoms with Gasteiger partial charge in [-0.15, -0.1) is 0 Å². The highest BCUT2D eigenvalue weighted by atomic mass is 16.3. The zero-order valence-electron chi connectivity index (χ0n) is 32.0. The molecule has 0 spiro atoms. The third-order valence-electron chi connectivity index (χ3n) is 8.96. The third-order valence-corrected chi connectivity index (χ3v) is 8.96. The fourth-order valence-electron chi connectivity index (χ4n) is 5.72. The van der Waals surface area contributed by atoms with E-state index in [0.29, 0.717) is 5.56 Å². The molecular weight excluding hydrogens is 704 g/mol. The topological polar surface area (TPSA) is 284 Å². The molecule has 1 aromatic carbocycles. The van der Waals surface area contributed by atoms with Crippen molar-refractivity contribution in [1.82, 2.24) is 36.9 Å².